The Morgan fingerprint density at radius 1 is 1.30 bits per heavy atom. The molecule has 2 aliphatic heterocycles. The maximum absolute atomic E-state index is 6.07. The van der Waals surface area contributed by atoms with E-state index in [2.05, 4.69) is 12.2 Å². The number of hydrogen-bond donors (Lipinski definition) is 1. The highest BCUT2D eigenvalue weighted by Gasteiger charge is 2.27. The van der Waals surface area contributed by atoms with Gasteiger partial charge in [0, 0.05) is 18.7 Å². The lowest BCUT2D eigenvalue weighted by atomic mass is 10.1. The highest BCUT2D eigenvalue weighted by atomic mass is 16.7. The van der Waals surface area contributed by atoms with Crippen molar-refractivity contribution in [3.8, 4) is 17.2 Å². The minimum absolute atomic E-state index is 0.0377. The Kier molecular flexibility index (Phi) is 4.28. The topological polar surface area (TPSA) is 49.0 Å². The summed E-state index contributed by atoms with van der Waals surface area (Å²) in [5.41, 5.74) is 0. The summed E-state index contributed by atoms with van der Waals surface area (Å²) in [5, 5.41) is 3.53. The van der Waals surface area contributed by atoms with Crippen molar-refractivity contribution in [1.82, 2.24) is 5.32 Å². The Morgan fingerprint density at radius 2 is 2.20 bits per heavy atom. The number of benzene rings is 1. The van der Waals surface area contributed by atoms with Crippen molar-refractivity contribution in [2.24, 2.45) is 0 Å². The second-order valence-electron chi connectivity index (χ2n) is 5.10. The Balaban J connectivity index is 1.65. The van der Waals surface area contributed by atoms with Crippen molar-refractivity contribution >= 4 is 0 Å². The Hall–Kier alpha value is -1.46. The van der Waals surface area contributed by atoms with Gasteiger partial charge >= 0.3 is 0 Å². The normalized spacial score (nSPS) is 24.6. The van der Waals surface area contributed by atoms with E-state index in [9.17, 15) is 0 Å². The number of ether oxygens (including phenoxy) is 4. The maximum atomic E-state index is 6.07. The lowest BCUT2D eigenvalue weighted by molar-refractivity contribution is -0.0146. The van der Waals surface area contributed by atoms with Crippen molar-refractivity contribution in [3.05, 3.63) is 18.2 Å². The highest BCUT2D eigenvalue weighted by Crippen LogP contribution is 2.35. The second kappa shape index (κ2) is 6.33. The molecule has 0 bridgehead atoms. The molecule has 2 heterocycles. The zero-order chi connectivity index (χ0) is 13.8. The second-order valence-corrected chi connectivity index (χ2v) is 5.10. The SMILES string of the molecule is CCCNC1CCOCC1Oc1ccc2c(c1)OCO2. The van der Waals surface area contributed by atoms with Gasteiger partial charge < -0.3 is 24.3 Å². The molecule has 0 saturated carbocycles. The van der Waals surface area contributed by atoms with Crippen molar-refractivity contribution < 1.29 is 18.9 Å². The van der Waals surface area contributed by atoms with Gasteiger partial charge in [-0.15, -0.1) is 0 Å². The number of hydrogen-bond acceptors (Lipinski definition) is 5. The number of fused-ring (bicyclic) bond motifs is 1. The number of nitrogens with one attached hydrogen (secondary N) is 1. The van der Waals surface area contributed by atoms with Gasteiger partial charge in [0.05, 0.1) is 6.61 Å². The third kappa shape index (κ3) is 2.99. The zero-order valence-corrected chi connectivity index (χ0v) is 11.8. The third-order valence-corrected chi connectivity index (χ3v) is 3.59. The van der Waals surface area contributed by atoms with Crippen molar-refractivity contribution in [2.75, 3.05) is 26.6 Å². The van der Waals surface area contributed by atoms with Gasteiger partial charge in [-0.3, -0.25) is 0 Å². The molecule has 1 fully saturated rings. The fraction of sp³-hybridized carbons (Fsp3) is 0.600. The summed E-state index contributed by atoms with van der Waals surface area (Å²) in [4.78, 5) is 0. The molecule has 110 valence electrons. The maximum Gasteiger partial charge on any atom is 0.231 e. The molecule has 2 unspecified atom stereocenters. The Morgan fingerprint density at radius 3 is 3.10 bits per heavy atom. The smallest absolute Gasteiger partial charge is 0.231 e. The summed E-state index contributed by atoms with van der Waals surface area (Å²) in [6.07, 6.45) is 2.14. The average Bonchev–Trinajstić information content (AvgIpc) is 2.94. The van der Waals surface area contributed by atoms with Crippen LogP contribution in [0.25, 0.3) is 0 Å². The Labute approximate surface area is 119 Å². The molecule has 1 aromatic rings. The first kappa shape index (κ1) is 13.5. The zero-order valence-electron chi connectivity index (χ0n) is 11.8. The Bertz CT molecular complexity index is 451. The predicted octanol–water partition coefficient (Wildman–Crippen LogP) is 1.95. The lowest BCUT2D eigenvalue weighted by Gasteiger charge is -2.32. The quantitative estimate of drug-likeness (QED) is 0.892. The summed E-state index contributed by atoms with van der Waals surface area (Å²) in [5.74, 6) is 2.32. The van der Waals surface area contributed by atoms with E-state index in [1.807, 2.05) is 18.2 Å². The monoisotopic (exact) mass is 279 g/mol. The molecule has 1 aromatic carbocycles. The van der Waals surface area contributed by atoms with E-state index in [-0.39, 0.29) is 12.9 Å². The highest BCUT2D eigenvalue weighted by molar-refractivity contribution is 5.46. The first-order valence-electron chi connectivity index (χ1n) is 7.24. The van der Waals surface area contributed by atoms with Crippen LogP contribution in [0.1, 0.15) is 19.8 Å². The van der Waals surface area contributed by atoms with Gasteiger partial charge in [-0.25, -0.2) is 0 Å². The average molecular weight is 279 g/mol. The van der Waals surface area contributed by atoms with Crippen LogP contribution in [0.5, 0.6) is 17.2 Å². The molecule has 2 aliphatic rings. The summed E-state index contributed by atoms with van der Waals surface area (Å²) in [6, 6.07) is 6.02. The fourth-order valence-corrected chi connectivity index (χ4v) is 2.52. The molecule has 0 aliphatic carbocycles. The van der Waals surface area contributed by atoms with Crippen LogP contribution in [0, 0.1) is 0 Å². The minimum Gasteiger partial charge on any atom is -0.486 e. The van der Waals surface area contributed by atoms with Gasteiger partial charge in [0.1, 0.15) is 11.9 Å². The van der Waals surface area contributed by atoms with E-state index in [0.717, 1.165) is 43.2 Å². The summed E-state index contributed by atoms with van der Waals surface area (Å²) < 4.78 is 22.3. The van der Waals surface area contributed by atoms with E-state index in [0.29, 0.717) is 12.6 Å². The molecule has 20 heavy (non-hydrogen) atoms. The van der Waals surface area contributed by atoms with E-state index in [1.54, 1.807) is 0 Å². The van der Waals surface area contributed by atoms with Gasteiger partial charge in [-0.2, -0.15) is 0 Å². The molecule has 2 atom stereocenters. The van der Waals surface area contributed by atoms with E-state index in [1.165, 1.54) is 0 Å². The molecule has 5 heteroatoms. The minimum atomic E-state index is 0.0377. The van der Waals surface area contributed by atoms with E-state index >= 15 is 0 Å². The summed E-state index contributed by atoms with van der Waals surface area (Å²) in [7, 11) is 0. The largest absolute Gasteiger partial charge is 0.486 e. The molecule has 0 spiro atoms. The standard InChI is InChI=1S/C15H21NO4/c1-2-6-16-12-5-7-17-9-15(12)20-11-3-4-13-14(8-11)19-10-18-13/h3-4,8,12,15-16H,2,5-7,9-10H2,1H3. The predicted molar refractivity (Wildman–Crippen MR) is 74.5 cm³/mol. The first-order valence-corrected chi connectivity index (χ1v) is 7.24. The van der Waals surface area contributed by atoms with Gasteiger partial charge in [-0.1, -0.05) is 6.92 Å². The summed E-state index contributed by atoms with van der Waals surface area (Å²) >= 11 is 0. The fourth-order valence-electron chi connectivity index (χ4n) is 2.52. The molecule has 0 radical (unpaired) electrons. The van der Waals surface area contributed by atoms with Crippen molar-refractivity contribution in [2.45, 2.75) is 31.9 Å². The molecule has 5 nitrogen and oxygen atoms in total. The number of rotatable bonds is 5. The van der Waals surface area contributed by atoms with Crippen LogP contribution in [-0.2, 0) is 4.74 Å². The molecule has 3 rings (SSSR count). The van der Waals surface area contributed by atoms with Crippen LogP contribution in [0.2, 0.25) is 0 Å². The molecule has 1 N–H and O–H groups in total. The van der Waals surface area contributed by atoms with Crippen LogP contribution in [0.4, 0.5) is 0 Å². The summed E-state index contributed by atoms with van der Waals surface area (Å²) in [6.45, 7) is 4.87. The van der Waals surface area contributed by atoms with Crippen LogP contribution in [0.15, 0.2) is 18.2 Å². The molecule has 0 amide bonds. The van der Waals surface area contributed by atoms with Gasteiger partial charge in [0.15, 0.2) is 11.5 Å². The molecule has 1 saturated heterocycles. The van der Waals surface area contributed by atoms with Gasteiger partial charge in [-0.05, 0) is 31.5 Å². The molecular weight excluding hydrogens is 258 g/mol. The van der Waals surface area contributed by atoms with Crippen molar-refractivity contribution in [1.29, 1.82) is 0 Å². The van der Waals surface area contributed by atoms with Gasteiger partial charge in [0.25, 0.3) is 0 Å². The first-order chi connectivity index (χ1) is 9.86. The molecular formula is C15H21NO4. The van der Waals surface area contributed by atoms with Crippen LogP contribution in [0.3, 0.4) is 0 Å². The van der Waals surface area contributed by atoms with Crippen LogP contribution in [-0.4, -0.2) is 38.7 Å². The lowest BCUT2D eigenvalue weighted by Crippen LogP contribution is -2.49. The van der Waals surface area contributed by atoms with E-state index < -0.39 is 0 Å². The molecule has 0 aromatic heterocycles. The van der Waals surface area contributed by atoms with Crippen molar-refractivity contribution in [3.63, 3.8) is 0 Å². The third-order valence-electron chi connectivity index (χ3n) is 3.59. The van der Waals surface area contributed by atoms with E-state index in [4.69, 9.17) is 18.9 Å². The van der Waals surface area contributed by atoms with Crippen LogP contribution >= 0.6 is 0 Å². The van der Waals surface area contributed by atoms with Gasteiger partial charge in [0.2, 0.25) is 6.79 Å². The van der Waals surface area contributed by atoms with Crippen LogP contribution < -0.4 is 19.5 Å².